The average Bonchev–Trinajstić information content (AvgIpc) is 2.81. The topological polar surface area (TPSA) is 49.0 Å². The predicted octanol–water partition coefficient (Wildman–Crippen LogP) is 2.52. The van der Waals surface area contributed by atoms with Crippen LogP contribution < -0.4 is 0 Å². The molecule has 4 nitrogen and oxygen atoms in total. The number of amides is 1. The van der Waals surface area contributed by atoms with E-state index in [1.807, 2.05) is 6.92 Å². The molecule has 0 aliphatic rings. The fourth-order valence-corrected chi connectivity index (χ4v) is 1.92. The van der Waals surface area contributed by atoms with Gasteiger partial charge in [0, 0.05) is 18.8 Å². The highest BCUT2D eigenvalue weighted by Crippen LogP contribution is 2.12. The summed E-state index contributed by atoms with van der Waals surface area (Å²) < 4.78 is 13.1. The third-order valence-corrected chi connectivity index (χ3v) is 2.99. The second-order valence-electron chi connectivity index (χ2n) is 4.36. The van der Waals surface area contributed by atoms with E-state index in [4.69, 9.17) is 0 Å². The van der Waals surface area contributed by atoms with E-state index in [9.17, 15) is 9.18 Å². The van der Waals surface area contributed by atoms with Crippen LogP contribution in [0.3, 0.4) is 0 Å². The SMILES string of the molecule is CCN(Cc1cccc(F)c1)C(=O)c1cn[nH]c1C. The van der Waals surface area contributed by atoms with Crippen LogP contribution >= 0.6 is 0 Å². The Morgan fingerprint density at radius 2 is 2.26 bits per heavy atom. The molecule has 2 rings (SSSR count). The summed E-state index contributed by atoms with van der Waals surface area (Å²) in [4.78, 5) is 14.0. The fourth-order valence-electron chi connectivity index (χ4n) is 1.92. The first-order chi connectivity index (χ1) is 9.11. The second-order valence-corrected chi connectivity index (χ2v) is 4.36. The molecule has 2 aromatic rings. The molecule has 1 amide bonds. The monoisotopic (exact) mass is 261 g/mol. The minimum atomic E-state index is -0.291. The van der Waals surface area contributed by atoms with Crippen molar-refractivity contribution in [1.29, 1.82) is 0 Å². The summed E-state index contributed by atoms with van der Waals surface area (Å²) in [7, 11) is 0. The Morgan fingerprint density at radius 3 is 2.84 bits per heavy atom. The summed E-state index contributed by atoms with van der Waals surface area (Å²) in [6.07, 6.45) is 1.52. The van der Waals surface area contributed by atoms with Crippen LogP contribution in [-0.4, -0.2) is 27.5 Å². The quantitative estimate of drug-likeness (QED) is 0.919. The molecule has 0 aliphatic carbocycles. The molecule has 0 unspecified atom stereocenters. The molecule has 0 fully saturated rings. The molecule has 0 bridgehead atoms. The maximum atomic E-state index is 13.1. The van der Waals surface area contributed by atoms with Crippen LogP contribution in [0.1, 0.15) is 28.5 Å². The Hall–Kier alpha value is -2.17. The lowest BCUT2D eigenvalue weighted by atomic mass is 10.1. The van der Waals surface area contributed by atoms with Gasteiger partial charge in [-0.05, 0) is 31.5 Å². The summed E-state index contributed by atoms with van der Waals surface area (Å²) in [5.74, 6) is -0.390. The van der Waals surface area contributed by atoms with Gasteiger partial charge >= 0.3 is 0 Å². The van der Waals surface area contributed by atoms with Gasteiger partial charge in [0.15, 0.2) is 0 Å². The highest BCUT2D eigenvalue weighted by atomic mass is 19.1. The van der Waals surface area contributed by atoms with Crippen molar-refractivity contribution in [2.75, 3.05) is 6.54 Å². The number of carbonyl (C=O) groups excluding carboxylic acids is 1. The molecule has 1 heterocycles. The fraction of sp³-hybridized carbons (Fsp3) is 0.286. The molecular weight excluding hydrogens is 245 g/mol. The summed E-state index contributed by atoms with van der Waals surface area (Å²) in [5, 5.41) is 6.59. The standard InChI is InChI=1S/C14H16FN3O/c1-3-18(9-11-5-4-6-12(15)7-11)14(19)13-8-16-17-10(13)2/h4-8H,3,9H2,1-2H3,(H,16,17). The van der Waals surface area contributed by atoms with Crippen molar-refractivity contribution in [2.45, 2.75) is 20.4 Å². The number of aromatic amines is 1. The predicted molar refractivity (Wildman–Crippen MR) is 70.1 cm³/mol. The highest BCUT2D eigenvalue weighted by molar-refractivity contribution is 5.94. The van der Waals surface area contributed by atoms with Crippen molar-refractivity contribution >= 4 is 5.91 Å². The van der Waals surface area contributed by atoms with Crippen molar-refractivity contribution in [1.82, 2.24) is 15.1 Å². The Morgan fingerprint density at radius 1 is 1.47 bits per heavy atom. The number of rotatable bonds is 4. The molecule has 0 spiro atoms. The molecule has 19 heavy (non-hydrogen) atoms. The molecule has 0 radical (unpaired) electrons. The Bertz CT molecular complexity index is 580. The maximum Gasteiger partial charge on any atom is 0.257 e. The maximum absolute atomic E-state index is 13.1. The normalized spacial score (nSPS) is 10.5. The van der Waals surface area contributed by atoms with E-state index in [2.05, 4.69) is 10.2 Å². The zero-order valence-corrected chi connectivity index (χ0v) is 11.0. The van der Waals surface area contributed by atoms with Crippen LogP contribution in [0.25, 0.3) is 0 Å². The summed E-state index contributed by atoms with van der Waals surface area (Å²) in [5.41, 5.74) is 2.07. The van der Waals surface area contributed by atoms with Crippen molar-refractivity contribution < 1.29 is 9.18 Å². The molecule has 0 saturated carbocycles. The van der Waals surface area contributed by atoms with Crippen LogP contribution in [0.5, 0.6) is 0 Å². The van der Waals surface area contributed by atoms with Gasteiger partial charge in [-0.2, -0.15) is 5.10 Å². The van der Waals surface area contributed by atoms with Crippen LogP contribution in [0, 0.1) is 12.7 Å². The van der Waals surface area contributed by atoms with E-state index in [0.717, 1.165) is 11.3 Å². The Kier molecular flexibility index (Phi) is 3.94. The first-order valence-corrected chi connectivity index (χ1v) is 6.15. The molecule has 0 aliphatic heterocycles. The van der Waals surface area contributed by atoms with Crippen LogP contribution in [-0.2, 0) is 6.54 Å². The van der Waals surface area contributed by atoms with Crippen molar-refractivity contribution in [3.8, 4) is 0 Å². The lowest BCUT2D eigenvalue weighted by Crippen LogP contribution is -2.30. The molecule has 1 aromatic heterocycles. The van der Waals surface area contributed by atoms with Crippen molar-refractivity contribution in [2.24, 2.45) is 0 Å². The number of nitrogens with one attached hydrogen (secondary N) is 1. The molecule has 1 N–H and O–H groups in total. The third kappa shape index (κ3) is 2.99. The zero-order valence-electron chi connectivity index (χ0n) is 11.0. The summed E-state index contributed by atoms with van der Waals surface area (Å²) >= 11 is 0. The lowest BCUT2D eigenvalue weighted by Gasteiger charge is -2.20. The average molecular weight is 261 g/mol. The van der Waals surface area contributed by atoms with E-state index in [-0.39, 0.29) is 11.7 Å². The lowest BCUT2D eigenvalue weighted by molar-refractivity contribution is 0.0751. The van der Waals surface area contributed by atoms with Crippen LogP contribution in [0.2, 0.25) is 0 Å². The molecule has 5 heteroatoms. The minimum absolute atomic E-state index is 0.0991. The van der Waals surface area contributed by atoms with Gasteiger partial charge < -0.3 is 4.90 Å². The van der Waals surface area contributed by atoms with E-state index in [1.54, 1.807) is 24.0 Å². The van der Waals surface area contributed by atoms with Gasteiger partial charge in [0.1, 0.15) is 5.82 Å². The number of halogens is 1. The van der Waals surface area contributed by atoms with E-state index in [0.29, 0.717) is 18.7 Å². The highest BCUT2D eigenvalue weighted by Gasteiger charge is 2.17. The first-order valence-electron chi connectivity index (χ1n) is 6.15. The molecule has 0 saturated heterocycles. The smallest absolute Gasteiger partial charge is 0.257 e. The van der Waals surface area contributed by atoms with Crippen LogP contribution in [0.4, 0.5) is 4.39 Å². The van der Waals surface area contributed by atoms with Gasteiger partial charge in [-0.1, -0.05) is 12.1 Å². The number of H-pyrrole nitrogens is 1. The van der Waals surface area contributed by atoms with E-state index in [1.165, 1.54) is 18.3 Å². The number of aromatic nitrogens is 2. The molecule has 100 valence electrons. The Balaban J connectivity index is 2.17. The number of hydrogen-bond acceptors (Lipinski definition) is 2. The van der Waals surface area contributed by atoms with Gasteiger partial charge in [0.2, 0.25) is 0 Å². The Labute approximate surface area is 111 Å². The molecule has 1 aromatic carbocycles. The first kappa shape index (κ1) is 13.3. The zero-order chi connectivity index (χ0) is 13.8. The third-order valence-electron chi connectivity index (χ3n) is 2.99. The number of nitrogens with zero attached hydrogens (tertiary/aromatic N) is 2. The largest absolute Gasteiger partial charge is 0.334 e. The summed E-state index contributed by atoms with van der Waals surface area (Å²) in [6, 6.07) is 6.29. The van der Waals surface area contributed by atoms with Gasteiger partial charge in [-0.3, -0.25) is 9.89 Å². The van der Waals surface area contributed by atoms with Gasteiger partial charge in [-0.25, -0.2) is 4.39 Å². The van der Waals surface area contributed by atoms with Gasteiger partial charge in [-0.15, -0.1) is 0 Å². The van der Waals surface area contributed by atoms with Crippen molar-refractivity contribution in [3.05, 3.63) is 53.1 Å². The number of aryl methyl sites for hydroxylation is 1. The minimum Gasteiger partial charge on any atom is -0.334 e. The van der Waals surface area contributed by atoms with Crippen molar-refractivity contribution in [3.63, 3.8) is 0 Å². The number of hydrogen-bond donors (Lipinski definition) is 1. The van der Waals surface area contributed by atoms with Crippen LogP contribution in [0.15, 0.2) is 30.5 Å². The second kappa shape index (κ2) is 5.65. The van der Waals surface area contributed by atoms with E-state index >= 15 is 0 Å². The number of carbonyl (C=O) groups is 1. The van der Waals surface area contributed by atoms with E-state index < -0.39 is 0 Å². The van der Waals surface area contributed by atoms with Gasteiger partial charge in [0.05, 0.1) is 11.8 Å². The van der Waals surface area contributed by atoms with Gasteiger partial charge in [0.25, 0.3) is 5.91 Å². The number of benzene rings is 1. The summed E-state index contributed by atoms with van der Waals surface area (Å²) in [6.45, 7) is 4.64. The molecule has 0 atom stereocenters. The molecular formula is C14H16FN3O.